The normalized spacial score (nSPS) is 30.5. The monoisotopic (exact) mass is 403 g/mol. The smallest absolute Gasteiger partial charge is 0.335 e. The summed E-state index contributed by atoms with van der Waals surface area (Å²) in [7, 11) is 0. The van der Waals surface area contributed by atoms with Crippen LogP contribution in [0.2, 0.25) is 0 Å². The summed E-state index contributed by atoms with van der Waals surface area (Å²) in [6.45, 7) is 0. The van der Waals surface area contributed by atoms with Crippen LogP contribution < -0.4 is 4.74 Å². The zero-order valence-corrected chi connectivity index (χ0v) is 16.8. The van der Waals surface area contributed by atoms with Gasteiger partial charge in [0.2, 0.25) is 5.89 Å². The van der Waals surface area contributed by atoms with Gasteiger partial charge in [0.05, 0.1) is 5.56 Å². The van der Waals surface area contributed by atoms with E-state index in [4.69, 9.17) is 14.1 Å². The van der Waals surface area contributed by atoms with Crippen LogP contribution in [-0.2, 0) is 0 Å². The molecule has 1 aromatic heterocycles. The SMILES string of the molecule is O=C(O)c1ccc2oc(C(Oc3ccccc3)C34CC5CC(CC(C5)C3)C4)nc2c1. The Kier molecular flexibility index (Phi) is 3.95. The molecule has 0 aliphatic heterocycles. The molecular formula is C25H25NO4. The number of nitrogens with zero attached hydrogens (tertiary/aromatic N) is 1. The Morgan fingerprint density at radius 3 is 2.33 bits per heavy atom. The van der Waals surface area contributed by atoms with Crippen molar-refractivity contribution in [2.75, 3.05) is 0 Å². The molecule has 1 atom stereocenters. The third-order valence-electron chi connectivity index (χ3n) is 7.51. The number of fused-ring (bicyclic) bond motifs is 1. The van der Waals surface area contributed by atoms with Crippen molar-refractivity contribution in [3.05, 3.63) is 60.0 Å². The standard InChI is InChI=1S/C25H25NO4/c27-24(28)18-6-7-21-20(11-18)26-23(30-21)22(29-19-4-2-1-3-5-19)25-12-15-8-16(13-25)10-17(9-15)14-25/h1-7,11,15-17,22H,8-10,12-14H2,(H,27,28). The van der Waals surface area contributed by atoms with Crippen LogP contribution in [0.1, 0.15) is 60.9 Å². The summed E-state index contributed by atoms with van der Waals surface area (Å²) >= 11 is 0. The number of benzene rings is 2. The lowest BCUT2D eigenvalue weighted by Crippen LogP contribution is -2.50. The molecular weight excluding hydrogens is 378 g/mol. The van der Waals surface area contributed by atoms with E-state index in [1.165, 1.54) is 19.3 Å². The van der Waals surface area contributed by atoms with Crippen LogP contribution in [0.3, 0.4) is 0 Å². The molecule has 5 nitrogen and oxygen atoms in total. The summed E-state index contributed by atoms with van der Waals surface area (Å²) < 4.78 is 12.8. The highest BCUT2D eigenvalue weighted by atomic mass is 16.5. The summed E-state index contributed by atoms with van der Waals surface area (Å²) in [5.74, 6) is 2.79. The van der Waals surface area contributed by atoms with Gasteiger partial charge in [-0.25, -0.2) is 9.78 Å². The molecule has 4 fully saturated rings. The lowest BCUT2D eigenvalue weighted by molar-refractivity contribution is -0.119. The number of aromatic nitrogens is 1. The van der Waals surface area contributed by atoms with Gasteiger partial charge in [0.15, 0.2) is 11.7 Å². The first-order chi connectivity index (χ1) is 14.6. The maximum absolute atomic E-state index is 11.4. The van der Waals surface area contributed by atoms with Crippen molar-refractivity contribution in [3.8, 4) is 5.75 Å². The van der Waals surface area contributed by atoms with E-state index in [2.05, 4.69) is 0 Å². The number of carboxylic acid groups (broad SMARTS) is 1. The Hall–Kier alpha value is -2.82. The lowest BCUT2D eigenvalue weighted by atomic mass is 9.48. The molecule has 2 aromatic carbocycles. The van der Waals surface area contributed by atoms with Gasteiger partial charge in [-0.1, -0.05) is 18.2 Å². The molecule has 4 saturated carbocycles. The largest absolute Gasteiger partial charge is 0.480 e. The van der Waals surface area contributed by atoms with Crippen LogP contribution >= 0.6 is 0 Å². The lowest BCUT2D eigenvalue weighted by Gasteiger charge is -2.58. The number of hydrogen-bond donors (Lipinski definition) is 1. The summed E-state index contributed by atoms with van der Waals surface area (Å²) in [4.78, 5) is 16.1. The first-order valence-corrected chi connectivity index (χ1v) is 10.9. The molecule has 0 amide bonds. The van der Waals surface area contributed by atoms with Gasteiger partial charge in [0.25, 0.3) is 0 Å². The van der Waals surface area contributed by atoms with E-state index >= 15 is 0 Å². The third-order valence-corrected chi connectivity index (χ3v) is 7.51. The molecule has 3 aromatic rings. The first-order valence-electron chi connectivity index (χ1n) is 10.9. The Morgan fingerprint density at radius 1 is 1.03 bits per heavy atom. The minimum atomic E-state index is -0.959. The molecule has 7 rings (SSSR count). The van der Waals surface area contributed by atoms with Crippen molar-refractivity contribution in [1.29, 1.82) is 0 Å². The number of para-hydroxylation sites is 1. The van der Waals surface area contributed by atoms with Crippen molar-refractivity contribution in [3.63, 3.8) is 0 Å². The number of hydrogen-bond acceptors (Lipinski definition) is 4. The minimum Gasteiger partial charge on any atom is -0.480 e. The van der Waals surface area contributed by atoms with Gasteiger partial charge < -0.3 is 14.3 Å². The quantitative estimate of drug-likeness (QED) is 0.577. The van der Waals surface area contributed by atoms with Crippen LogP contribution in [0.4, 0.5) is 0 Å². The highest BCUT2D eigenvalue weighted by Crippen LogP contribution is 2.64. The molecule has 154 valence electrons. The second-order valence-corrected chi connectivity index (χ2v) is 9.63. The van der Waals surface area contributed by atoms with Crippen LogP contribution in [0.5, 0.6) is 5.75 Å². The van der Waals surface area contributed by atoms with E-state index in [9.17, 15) is 9.90 Å². The predicted octanol–water partition coefficient (Wildman–Crippen LogP) is 5.86. The van der Waals surface area contributed by atoms with Crippen molar-refractivity contribution in [2.24, 2.45) is 23.2 Å². The number of carbonyl (C=O) groups is 1. The predicted molar refractivity (Wildman–Crippen MR) is 111 cm³/mol. The number of aromatic carboxylic acids is 1. The van der Waals surface area contributed by atoms with Gasteiger partial charge in [-0.05, 0) is 86.6 Å². The van der Waals surface area contributed by atoms with E-state index in [0.717, 1.165) is 42.8 Å². The van der Waals surface area contributed by atoms with Crippen LogP contribution in [0, 0.1) is 23.2 Å². The molecule has 0 radical (unpaired) electrons. The molecule has 4 aliphatic carbocycles. The Morgan fingerprint density at radius 2 is 1.70 bits per heavy atom. The molecule has 5 heteroatoms. The van der Waals surface area contributed by atoms with Gasteiger partial charge in [-0.15, -0.1) is 0 Å². The summed E-state index contributed by atoms with van der Waals surface area (Å²) in [5.41, 5.74) is 1.46. The Labute approximate surface area is 175 Å². The summed E-state index contributed by atoms with van der Waals surface area (Å²) in [5, 5.41) is 9.33. The Bertz CT molecular complexity index is 1070. The molecule has 0 spiro atoms. The van der Waals surface area contributed by atoms with Crippen LogP contribution in [0.25, 0.3) is 11.1 Å². The van der Waals surface area contributed by atoms with Crippen LogP contribution in [0.15, 0.2) is 52.9 Å². The molecule has 30 heavy (non-hydrogen) atoms. The van der Waals surface area contributed by atoms with Gasteiger partial charge in [0.1, 0.15) is 11.3 Å². The van der Waals surface area contributed by atoms with Gasteiger partial charge in [-0.3, -0.25) is 0 Å². The van der Waals surface area contributed by atoms with E-state index in [-0.39, 0.29) is 17.1 Å². The van der Waals surface area contributed by atoms with Crippen molar-refractivity contribution in [1.82, 2.24) is 4.98 Å². The van der Waals surface area contributed by atoms with E-state index < -0.39 is 5.97 Å². The van der Waals surface area contributed by atoms with Gasteiger partial charge in [0, 0.05) is 5.41 Å². The fourth-order valence-electron chi connectivity index (χ4n) is 6.76. The second-order valence-electron chi connectivity index (χ2n) is 9.63. The maximum Gasteiger partial charge on any atom is 0.335 e. The van der Waals surface area contributed by atoms with E-state index in [0.29, 0.717) is 17.0 Å². The minimum absolute atomic E-state index is 0.0428. The number of rotatable bonds is 5. The van der Waals surface area contributed by atoms with Crippen molar-refractivity contribution < 1.29 is 19.1 Å². The summed E-state index contributed by atoms with van der Waals surface area (Å²) in [6.07, 6.45) is 7.29. The summed E-state index contributed by atoms with van der Waals surface area (Å²) in [6, 6.07) is 14.8. The topological polar surface area (TPSA) is 72.6 Å². The fourth-order valence-corrected chi connectivity index (χ4v) is 6.76. The fraction of sp³-hybridized carbons (Fsp3) is 0.440. The molecule has 1 heterocycles. The van der Waals surface area contributed by atoms with E-state index in [1.807, 2.05) is 30.3 Å². The number of oxazole rings is 1. The van der Waals surface area contributed by atoms with Crippen LogP contribution in [-0.4, -0.2) is 16.1 Å². The van der Waals surface area contributed by atoms with Crippen molar-refractivity contribution in [2.45, 2.75) is 44.6 Å². The molecule has 1 N–H and O–H groups in total. The zero-order valence-electron chi connectivity index (χ0n) is 16.8. The number of ether oxygens (including phenoxy) is 1. The van der Waals surface area contributed by atoms with Gasteiger partial charge in [-0.2, -0.15) is 0 Å². The molecule has 4 bridgehead atoms. The molecule has 0 saturated heterocycles. The average molecular weight is 403 g/mol. The highest BCUT2D eigenvalue weighted by Gasteiger charge is 2.56. The average Bonchev–Trinajstić information content (AvgIpc) is 3.14. The Balaban J connectivity index is 1.44. The van der Waals surface area contributed by atoms with E-state index in [1.54, 1.807) is 18.2 Å². The second kappa shape index (κ2) is 6.59. The highest BCUT2D eigenvalue weighted by molar-refractivity contribution is 5.91. The third kappa shape index (κ3) is 2.91. The molecule has 1 unspecified atom stereocenters. The first kappa shape index (κ1) is 18.0. The maximum atomic E-state index is 11.4. The number of carboxylic acids is 1. The van der Waals surface area contributed by atoms with Crippen molar-refractivity contribution >= 4 is 17.1 Å². The van der Waals surface area contributed by atoms with Gasteiger partial charge >= 0.3 is 5.97 Å². The molecule has 4 aliphatic rings. The zero-order chi connectivity index (χ0) is 20.3.